The fourth-order valence-corrected chi connectivity index (χ4v) is 3.81. The van der Waals surface area contributed by atoms with Gasteiger partial charge in [-0.05, 0) is 16.7 Å². The first-order valence-corrected chi connectivity index (χ1v) is 9.49. The average Bonchev–Trinajstić information content (AvgIpc) is 2.76. The molecule has 4 heteroatoms. The molecule has 1 atom stereocenters. The van der Waals surface area contributed by atoms with Gasteiger partial charge >= 0.3 is 0 Å². The van der Waals surface area contributed by atoms with Crippen LogP contribution in [-0.4, -0.2) is 29.8 Å². The Morgan fingerprint density at radius 1 is 0.821 bits per heavy atom. The fourth-order valence-electron chi connectivity index (χ4n) is 3.81. The third-order valence-electron chi connectivity index (χ3n) is 5.12. The summed E-state index contributed by atoms with van der Waals surface area (Å²) in [6, 6.07) is 28.4. The summed E-state index contributed by atoms with van der Waals surface area (Å²) < 4.78 is 0. The van der Waals surface area contributed by atoms with Crippen molar-refractivity contribution in [1.29, 1.82) is 0 Å². The van der Waals surface area contributed by atoms with Crippen LogP contribution in [0.25, 0.3) is 0 Å². The summed E-state index contributed by atoms with van der Waals surface area (Å²) in [6.45, 7) is 0.949. The Morgan fingerprint density at radius 3 is 1.86 bits per heavy atom. The molecule has 4 rings (SSSR count). The van der Waals surface area contributed by atoms with Crippen molar-refractivity contribution in [2.24, 2.45) is 0 Å². The lowest BCUT2D eigenvalue weighted by molar-refractivity contribution is -0.144. The normalized spacial score (nSPS) is 16.7. The highest BCUT2D eigenvalue weighted by molar-refractivity contribution is 5.94. The predicted molar refractivity (Wildman–Crippen MR) is 109 cm³/mol. The van der Waals surface area contributed by atoms with Crippen LogP contribution in [0, 0.1) is 0 Å². The van der Waals surface area contributed by atoms with E-state index in [2.05, 4.69) is 5.32 Å². The van der Waals surface area contributed by atoms with Gasteiger partial charge in [-0.2, -0.15) is 0 Å². The Balaban J connectivity index is 1.76. The number of amides is 2. The Hall–Kier alpha value is -3.40. The van der Waals surface area contributed by atoms with Crippen LogP contribution >= 0.6 is 0 Å². The monoisotopic (exact) mass is 370 g/mol. The van der Waals surface area contributed by atoms with Crippen molar-refractivity contribution in [3.05, 3.63) is 108 Å². The van der Waals surface area contributed by atoms with Gasteiger partial charge in [-0.25, -0.2) is 0 Å². The molecular formula is C24H22N2O2. The number of hydrogen-bond donors (Lipinski definition) is 1. The van der Waals surface area contributed by atoms with E-state index < -0.39 is 12.0 Å². The molecule has 4 nitrogen and oxygen atoms in total. The summed E-state index contributed by atoms with van der Waals surface area (Å²) in [5.41, 5.74) is 2.68. The van der Waals surface area contributed by atoms with Gasteiger partial charge in [0.15, 0.2) is 0 Å². The molecule has 1 N–H and O–H groups in total. The van der Waals surface area contributed by atoms with Gasteiger partial charge in [-0.1, -0.05) is 91.0 Å². The highest BCUT2D eigenvalue weighted by Crippen LogP contribution is 2.32. The van der Waals surface area contributed by atoms with Crippen molar-refractivity contribution >= 4 is 11.8 Å². The second kappa shape index (κ2) is 8.09. The van der Waals surface area contributed by atoms with Crippen LogP contribution in [0.4, 0.5) is 0 Å². The Labute approximate surface area is 164 Å². The molecule has 2 amide bonds. The maximum atomic E-state index is 13.8. The second-order valence-corrected chi connectivity index (χ2v) is 6.89. The van der Waals surface area contributed by atoms with Crippen LogP contribution < -0.4 is 5.32 Å². The summed E-state index contributed by atoms with van der Waals surface area (Å²) in [5.74, 6) is -0.633. The molecule has 1 aliphatic heterocycles. The Morgan fingerprint density at radius 2 is 1.32 bits per heavy atom. The van der Waals surface area contributed by atoms with Gasteiger partial charge in [0.25, 0.3) is 0 Å². The van der Waals surface area contributed by atoms with E-state index in [4.69, 9.17) is 0 Å². The lowest BCUT2D eigenvalue weighted by Gasteiger charge is -2.37. The lowest BCUT2D eigenvalue weighted by Crippen LogP contribution is -2.53. The highest BCUT2D eigenvalue weighted by atomic mass is 16.2. The van der Waals surface area contributed by atoms with Crippen LogP contribution in [0.1, 0.15) is 28.7 Å². The molecule has 0 radical (unpaired) electrons. The minimum absolute atomic E-state index is 0.0545. The van der Waals surface area contributed by atoms with Crippen molar-refractivity contribution in [2.45, 2.75) is 12.0 Å². The fraction of sp³-hybridized carbons (Fsp3) is 0.167. The molecule has 1 aliphatic rings. The van der Waals surface area contributed by atoms with Crippen LogP contribution in [0.2, 0.25) is 0 Å². The summed E-state index contributed by atoms with van der Waals surface area (Å²) in [5, 5.41) is 2.90. The van der Waals surface area contributed by atoms with Crippen LogP contribution in [-0.2, 0) is 9.59 Å². The number of carbonyl (C=O) groups excluding carboxylic acids is 2. The molecule has 0 aromatic heterocycles. The van der Waals surface area contributed by atoms with Crippen LogP contribution in [0.5, 0.6) is 0 Å². The number of nitrogens with zero attached hydrogens (tertiary/aromatic N) is 1. The van der Waals surface area contributed by atoms with Gasteiger partial charge in [0.1, 0.15) is 6.04 Å². The Bertz CT molecular complexity index is 903. The lowest BCUT2D eigenvalue weighted by atomic mass is 9.88. The number of benzene rings is 3. The summed E-state index contributed by atoms with van der Waals surface area (Å²) in [7, 11) is 0. The minimum atomic E-state index is -0.614. The van der Waals surface area contributed by atoms with E-state index in [9.17, 15) is 9.59 Å². The standard InChI is InChI=1S/C24H22N2O2/c27-23-22(20-14-8-3-9-15-20)26(17-16-25-23)24(28)21(18-10-4-1-5-11-18)19-12-6-2-7-13-19/h1-15,21-22H,16-17H2,(H,25,27). The molecule has 3 aromatic rings. The quantitative estimate of drug-likeness (QED) is 0.764. The van der Waals surface area contributed by atoms with Crippen molar-refractivity contribution < 1.29 is 9.59 Å². The average molecular weight is 370 g/mol. The van der Waals surface area contributed by atoms with Gasteiger partial charge in [-0.3, -0.25) is 9.59 Å². The summed E-state index contributed by atoms with van der Waals surface area (Å²) in [6.07, 6.45) is 0. The number of piperazine rings is 1. The van der Waals surface area contributed by atoms with Gasteiger partial charge < -0.3 is 10.2 Å². The molecule has 28 heavy (non-hydrogen) atoms. The first-order chi connectivity index (χ1) is 13.8. The van der Waals surface area contributed by atoms with Gasteiger partial charge in [0, 0.05) is 13.1 Å². The molecule has 1 fully saturated rings. The molecule has 1 unspecified atom stereocenters. The summed E-state index contributed by atoms with van der Waals surface area (Å²) >= 11 is 0. The minimum Gasteiger partial charge on any atom is -0.352 e. The van der Waals surface area contributed by atoms with Gasteiger partial charge in [-0.15, -0.1) is 0 Å². The van der Waals surface area contributed by atoms with E-state index in [1.165, 1.54) is 0 Å². The van der Waals surface area contributed by atoms with E-state index in [0.717, 1.165) is 16.7 Å². The van der Waals surface area contributed by atoms with Crippen molar-refractivity contribution in [1.82, 2.24) is 10.2 Å². The van der Waals surface area contributed by atoms with Crippen molar-refractivity contribution in [2.75, 3.05) is 13.1 Å². The Kier molecular flexibility index (Phi) is 5.20. The van der Waals surface area contributed by atoms with E-state index in [1.807, 2.05) is 91.0 Å². The maximum Gasteiger partial charge on any atom is 0.247 e. The largest absolute Gasteiger partial charge is 0.352 e. The maximum absolute atomic E-state index is 13.8. The van der Waals surface area contributed by atoms with E-state index in [-0.39, 0.29) is 11.8 Å². The van der Waals surface area contributed by atoms with Crippen molar-refractivity contribution in [3.63, 3.8) is 0 Å². The molecule has 1 saturated heterocycles. The molecule has 0 saturated carbocycles. The highest BCUT2D eigenvalue weighted by Gasteiger charge is 2.38. The number of nitrogens with one attached hydrogen (secondary N) is 1. The second-order valence-electron chi connectivity index (χ2n) is 6.89. The molecule has 0 aliphatic carbocycles. The zero-order valence-electron chi connectivity index (χ0n) is 15.5. The molecule has 3 aromatic carbocycles. The SMILES string of the molecule is O=C1NCCN(C(=O)C(c2ccccc2)c2ccccc2)C1c1ccccc1. The topological polar surface area (TPSA) is 49.4 Å². The third kappa shape index (κ3) is 3.54. The number of hydrogen-bond acceptors (Lipinski definition) is 2. The van der Waals surface area contributed by atoms with Gasteiger partial charge in [0.2, 0.25) is 11.8 Å². The predicted octanol–water partition coefficient (Wildman–Crippen LogP) is 3.52. The van der Waals surface area contributed by atoms with Gasteiger partial charge in [0.05, 0.1) is 5.92 Å². The van der Waals surface area contributed by atoms with E-state index >= 15 is 0 Å². The number of rotatable bonds is 4. The molecule has 1 heterocycles. The zero-order chi connectivity index (χ0) is 19.3. The van der Waals surface area contributed by atoms with Crippen molar-refractivity contribution in [3.8, 4) is 0 Å². The third-order valence-corrected chi connectivity index (χ3v) is 5.12. The van der Waals surface area contributed by atoms with Crippen LogP contribution in [0.15, 0.2) is 91.0 Å². The zero-order valence-corrected chi connectivity index (χ0v) is 15.5. The van der Waals surface area contributed by atoms with E-state index in [1.54, 1.807) is 4.90 Å². The first-order valence-electron chi connectivity index (χ1n) is 9.49. The van der Waals surface area contributed by atoms with E-state index in [0.29, 0.717) is 13.1 Å². The molecule has 0 bridgehead atoms. The summed E-state index contributed by atoms with van der Waals surface area (Å²) in [4.78, 5) is 28.2. The first kappa shape index (κ1) is 18.0. The number of carbonyl (C=O) groups is 2. The van der Waals surface area contributed by atoms with Crippen LogP contribution in [0.3, 0.4) is 0 Å². The molecule has 140 valence electrons. The molecule has 0 spiro atoms. The smallest absolute Gasteiger partial charge is 0.247 e. The molecular weight excluding hydrogens is 348 g/mol.